The van der Waals surface area contributed by atoms with E-state index >= 15 is 0 Å². The van der Waals surface area contributed by atoms with Crippen LogP contribution in [0.2, 0.25) is 0 Å². The van der Waals surface area contributed by atoms with Crippen molar-refractivity contribution in [2.45, 2.75) is 38.9 Å². The van der Waals surface area contributed by atoms with Gasteiger partial charge in [0.25, 0.3) is 0 Å². The summed E-state index contributed by atoms with van der Waals surface area (Å²) in [6.07, 6.45) is 3.64. The number of anilines is 2. The second kappa shape index (κ2) is 8.89. The van der Waals surface area contributed by atoms with Gasteiger partial charge in [0.2, 0.25) is 16.0 Å². The minimum atomic E-state index is -3.33. The van der Waals surface area contributed by atoms with Gasteiger partial charge in [0.15, 0.2) is 0 Å². The number of rotatable bonds is 5. The summed E-state index contributed by atoms with van der Waals surface area (Å²) in [6.45, 7) is 8.25. The number of sulfonamides is 1. The first-order chi connectivity index (χ1) is 14.4. The number of hydrogen-bond donors (Lipinski definition) is 0. The van der Waals surface area contributed by atoms with E-state index in [1.54, 1.807) is 4.31 Å². The Labute approximate surface area is 179 Å². The van der Waals surface area contributed by atoms with Crippen molar-refractivity contribution in [1.29, 1.82) is 0 Å². The van der Waals surface area contributed by atoms with Gasteiger partial charge in [0.05, 0.1) is 5.75 Å². The number of aromatic nitrogens is 2. The molecular formula is C22H31N5O2S. The van der Waals surface area contributed by atoms with E-state index in [1.807, 2.05) is 44.2 Å². The Kier molecular flexibility index (Phi) is 6.24. The lowest BCUT2D eigenvalue weighted by molar-refractivity contribution is 0.383. The molecule has 0 saturated carbocycles. The predicted octanol–water partition coefficient (Wildman–Crippen LogP) is 2.74. The molecule has 7 nitrogen and oxygen atoms in total. The number of piperidine rings is 1. The molecule has 1 aromatic heterocycles. The standard InChI is InChI=1S/C22H31N5O2S/c1-18-7-6-8-20(15-18)17-30(28,29)27-13-11-25(12-14-27)21-16-19(2)23-22(24-21)26-9-4-3-5-10-26/h6-8,15-16H,3-5,9-14,17H2,1-2H3. The largest absolute Gasteiger partial charge is 0.354 e. The van der Waals surface area contributed by atoms with Crippen molar-refractivity contribution in [3.05, 3.63) is 47.2 Å². The van der Waals surface area contributed by atoms with Gasteiger partial charge in [-0.05, 0) is 38.7 Å². The molecule has 0 bridgehead atoms. The maximum absolute atomic E-state index is 12.9. The molecule has 0 N–H and O–H groups in total. The molecule has 0 amide bonds. The molecule has 0 unspecified atom stereocenters. The molecule has 2 aliphatic heterocycles. The molecule has 2 fully saturated rings. The highest BCUT2D eigenvalue weighted by molar-refractivity contribution is 7.88. The van der Waals surface area contributed by atoms with Crippen LogP contribution in [0.15, 0.2) is 30.3 Å². The summed E-state index contributed by atoms with van der Waals surface area (Å²) in [4.78, 5) is 13.9. The lowest BCUT2D eigenvalue weighted by atomic mass is 10.1. The van der Waals surface area contributed by atoms with E-state index in [2.05, 4.69) is 14.8 Å². The highest BCUT2D eigenvalue weighted by Gasteiger charge is 2.28. The molecule has 162 valence electrons. The Bertz CT molecular complexity index is 981. The van der Waals surface area contributed by atoms with Crippen LogP contribution < -0.4 is 9.80 Å². The van der Waals surface area contributed by atoms with Gasteiger partial charge in [-0.15, -0.1) is 0 Å². The van der Waals surface area contributed by atoms with Gasteiger partial charge in [0, 0.05) is 51.0 Å². The lowest BCUT2D eigenvalue weighted by Gasteiger charge is -2.35. The zero-order valence-corrected chi connectivity index (χ0v) is 18.7. The fourth-order valence-corrected chi connectivity index (χ4v) is 5.74. The van der Waals surface area contributed by atoms with Crippen molar-refractivity contribution < 1.29 is 8.42 Å². The van der Waals surface area contributed by atoms with Crippen molar-refractivity contribution in [3.8, 4) is 0 Å². The molecule has 0 spiro atoms. The van der Waals surface area contributed by atoms with Crippen molar-refractivity contribution >= 4 is 21.8 Å². The van der Waals surface area contributed by atoms with Gasteiger partial charge in [-0.1, -0.05) is 29.8 Å². The van der Waals surface area contributed by atoms with Gasteiger partial charge >= 0.3 is 0 Å². The Balaban J connectivity index is 1.42. The first kappa shape index (κ1) is 21.1. The summed E-state index contributed by atoms with van der Waals surface area (Å²) in [5.41, 5.74) is 2.88. The average molecular weight is 430 g/mol. The van der Waals surface area contributed by atoms with Crippen LogP contribution in [-0.4, -0.2) is 62.0 Å². The van der Waals surface area contributed by atoms with Crippen LogP contribution >= 0.6 is 0 Å². The monoisotopic (exact) mass is 429 g/mol. The van der Waals surface area contributed by atoms with Crippen LogP contribution in [0.1, 0.15) is 36.1 Å². The predicted molar refractivity (Wildman–Crippen MR) is 120 cm³/mol. The van der Waals surface area contributed by atoms with E-state index in [-0.39, 0.29) is 5.75 Å². The van der Waals surface area contributed by atoms with E-state index in [0.717, 1.165) is 41.7 Å². The summed E-state index contributed by atoms with van der Waals surface area (Å²) < 4.78 is 27.4. The number of nitrogens with zero attached hydrogens (tertiary/aromatic N) is 5. The normalized spacial score (nSPS) is 18.6. The number of piperazine rings is 1. The van der Waals surface area contributed by atoms with Crippen LogP contribution in [0.4, 0.5) is 11.8 Å². The average Bonchev–Trinajstić information content (AvgIpc) is 2.74. The third-order valence-corrected chi connectivity index (χ3v) is 7.71. The SMILES string of the molecule is Cc1cccc(CS(=O)(=O)N2CCN(c3cc(C)nc(N4CCCCC4)n3)CC2)c1. The number of hydrogen-bond acceptors (Lipinski definition) is 6. The zero-order valence-electron chi connectivity index (χ0n) is 17.9. The Morgan fingerprint density at radius 2 is 1.60 bits per heavy atom. The topological polar surface area (TPSA) is 69.6 Å². The van der Waals surface area contributed by atoms with Gasteiger partial charge < -0.3 is 9.80 Å². The van der Waals surface area contributed by atoms with Crippen molar-refractivity contribution in [1.82, 2.24) is 14.3 Å². The van der Waals surface area contributed by atoms with Crippen molar-refractivity contribution in [3.63, 3.8) is 0 Å². The summed E-state index contributed by atoms with van der Waals surface area (Å²) in [5.74, 6) is 1.76. The molecule has 2 aromatic rings. The van der Waals surface area contributed by atoms with E-state index < -0.39 is 10.0 Å². The highest BCUT2D eigenvalue weighted by Crippen LogP contribution is 2.23. The maximum Gasteiger partial charge on any atom is 0.227 e. The molecule has 0 radical (unpaired) electrons. The molecule has 0 aliphatic carbocycles. The van der Waals surface area contributed by atoms with E-state index in [4.69, 9.17) is 4.98 Å². The molecule has 30 heavy (non-hydrogen) atoms. The fourth-order valence-electron chi connectivity index (χ4n) is 4.23. The van der Waals surface area contributed by atoms with Crippen LogP contribution in [-0.2, 0) is 15.8 Å². The third-order valence-electron chi connectivity index (χ3n) is 5.86. The first-order valence-electron chi connectivity index (χ1n) is 10.8. The van der Waals surface area contributed by atoms with Gasteiger partial charge in [0.1, 0.15) is 5.82 Å². The van der Waals surface area contributed by atoms with Gasteiger partial charge in [-0.2, -0.15) is 9.29 Å². The second-order valence-corrected chi connectivity index (χ2v) is 10.3. The molecule has 1 aromatic carbocycles. The summed E-state index contributed by atoms with van der Waals surface area (Å²) >= 11 is 0. The van der Waals surface area contributed by atoms with E-state index in [1.165, 1.54) is 19.3 Å². The number of aryl methyl sites for hydroxylation is 2. The van der Waals surface area contributed by atoms with Crippen LogP contribution in [0.25, 0.3) is 0 Å². The van der Waals surface area contributed by atoms with Gasteiger partial charge in [-0.25, -0.2) is 13.4 Å². The second-order valence-electron chi connectivity index (χ2n) is 8.35. The van der Waals surface area contributed by atoms with Gasteiger partial charge in [-0.3, -0.25) is 0 Å². The third kappa shape index (κ3) is 4.92. The molecule has 2 aliphatic rings. The molecule has 2 saturated heterocycles. The maximum atomic E-state index is 12.9. The van der Waals surface area contributed by atoms with E-state index in [0.29, 0.717) is 26.2 Å². The fraction of sp³-hybridized carbons (Fsp3) is 0.545. The quantitative estimate of drug-likeness (QED) is 0.728. The molecule has 8 heteroatoms. The lowest BCUT2D eigenvalue weighted by Crippen LogP contribution is -2.49. The summed E-state index contributed by atoms with van der Waals surface area (Å²) in [5, 5.41) is 0. The number of benzene rings is 1. The van der Waals surface area contributed by atoms with Crippen molar-refractivity contribution in [2.24, 2.45) is 0 Å². The van der Waals surface area contributed by atoms with Crippen LogP contribution in [0, 0.1) is 13.8 Å². The molecule has 0 atom stereocenters. The summed E-state index contributed by atoms with van der Waals surface area (Å²) in [6, 6.07) is 9.72. The van der Waals surface area contributed by atoms with Crippen LogP contribution in [0.3, 0.4) is 0 Å². The van der Waals surface area contributed by atoms with E-state index in [9.17, 15) is 8.42 Å². The zero-order chi connectivity index (χ0) is 21.1. The molecule has 4 rings (SSSR count). The highest BCUT2D eigenvalue weighted by atomic mass is 32.2. The minimum Gasteiger partial charge on any atom is -0.354 e. The molecular weight excluding hydrogens is 398 g/mol. The molecule has 3 heterocycles. The van der Waals surface area contributed by atoms with Crippen LogP contribution in [0.5, 0.6) is 0 Å². The van der Waals surface area contributed by atoms with Crippen molar-refractivity contribution in [2.75, 3.05) is 49.1 Å². The smallest absolute Gasteiger partial charge is 0.227 e. The Hall–Kier alpha value is -2.19. The Morgan fingerprint density at radius 1 is 0.867 bits per heavy atom. The summed E-state index contributed by atoms with van der Waals surface area (Å²) in [7, 11) is -3.33. The minimum absolute atomic E-state index is 0.0560. The Morgan fingerprint density at radius 3 is 2.30 bits per heavy atom. The first-order valence-corrected chi connectivity index (χ1v) is 12.4.